The number of imidazole rings is 1. The fourth-order valence-corrected chi connectivity index (χ4v) is 5.08. The summed E-state index contributed by atoms with van der Waals surface area (Å²) >= 11 is 0. The molecule has 5 rings (SSSR count). The van der Waals surface area contributed by atoms with Gasteiger partial charge in [0.15, 0.2) is 0 Å². The maximum Gasteiger partial charge on any atom is 0.150 e. The third-order valence-electron chi connectivity index (χ3n) is 7.46. The highest BCUT2D eigenvalue weighted by Gasteiger charge is 2.23. The summed E-state index contributed by atoms with van der Waals surface area (Å²) in [4.78, 5) is 12.1. The van der Waals surface area contributed by atoms with Crippen LogP contribution in [0.5, 0.6) is 5.75 Å². The van der Waals surface area contributed by atoms with Crippen molar-refractivity contribution < 1.29 is 4.74 Å². The minimum atomic E-state index is 0.316. The lowest BCUT2D eigenvalue weighted by molar-refractivity contribution is 0.145. The molecule has 4 aromatic rings. The van der Waals surface area contributed by atoms with Crippen LogP contribution in [0.2, 0.25) is 0 Å². The van der Waals surface area contributed by atoms with Crippen molar-refractivity contribution in [3.63, 3.8) is 0 Å². The van der Waals surface area contributed by atoms with E-state index >= 15 is 0 Å². The van der Waals surface area contributed by atoms with Crippen LogP contribution in [0.25, 0.3) is 16.8 Å². The maximum absolute atomic E-state index is 6.39. The summed E-state index contributed by atoms with van der Waals surface area (Å²) in [6.07, 6.45) is 8.64. The van der Waals surface area contributed by atoms with Crippen molar-refractivity contribution in [1.82, 2.24) is 19.3 Å². The Morgan fingerprint density at radius 1 is 1.06 bits per heavy atom. The van der Waals surface area contributed by atoms with Gasteiger partial charge in [0.1, 0.15) is 35.2 Å². The highest BCUT2D eigenvalue weighted by molar-refractivity contribution is 5.85. The zero-order chi connectivity index (χ0) is 24.9. The number of hydrogen-bond acceptors (Lipinski definition) is 5. The van der Waals surface area contributed by atoms with Crippen LogP contribution in [0.15, 0.2) is 67.0 Å². The van der Waals surface area contributed by atoms with Gasteiger partial charge in [0.2, 0.25) is 0 Å². The summed E-state index contributed by atoms with van der Waals surface area (Å²) in [5.74, 6) is 3.41. The Hall–Kier alpha value is -3.38. The Morgan fingerprint density at radius 3 is 2.64 bits per heavy atom. The normalized spacial score (nSPS) is 15.5. The van der Waals surface area contributed by atoms with Crippen molar-refractivity contribution in [2.75, 3.05) is 25.4 Å². The van der Waals surface area contributed by atoms with Gasteiger partial charge in [-0.3, -0.25) is 4.40 Å². The number of ether oxygens (including phenoxy) is 1. The topological polar surface area (TPSA) is 68.7 Å². The van der Waals surface area contributed by atoms with Crippen LogP contribution in [0.3, 0.4) is 0 Å². The SMILES string of the molecule is CCC(CCC(C)c1nc(-c2cccc(OCc3ccccc3)c2)c2c(N)nccn12)CN1CCC1. The van der Waals surface area contributed by atoms with Crippen molar-refractivity contribution in [3.05, 3.63) is 78.4 Å². The lowest BCUT2D eigenvalue weighted by Gasteiger charge is -2.34. The number of benzene rings is 2. The molecule has 2 N–H and O–H groups in total. The Morgan fingerprint density at radius 2 is 1.89 bits per heavy atom. The lowest BCUT2D eigenvalue weighted by Crippen LogP contribution is -2.40. The summed E-state index contributed by atoms with van der Waals surface area (Å²) in [6, 6.07) is 18.3. The van der Waals surface area contributed by atoms with Gasteiger partial charge < -0.3 is 15.4 Å². The largest absolute Gasteiger partial charge is 0.489 e. The summed E-state index contributed by atoms with van der Waals surface area (Å²) in [7, 11) is 0. The molecule has 1 fully saturated rings. The van der Waals surface area contributed by atoms with Gasteiger partial charge in [-0.1, -0.05) is 62.7 Å². The summed E-state index contributed by atoms with van der Waals surface area (Å²) < 4.78 is 8.22. The molecule has 2 aromatic heterocycles. The van der Waals surface area contributed by atoms with Crippen LogP contribution in [-0.2, 0) is 6.61 Å². The number of nitrogen functional groups attached to an aromatic ring is 1. The highest BCUT2D eigenvalue weighted by Crippen LogP contribution is 2.34. The van der Waals surface area contributed by atoms with Crippen molar-refractivity contribution in [1.29, 1.82) is 0 Å². The number of nitrogens with zero attached hydrogens (tertiary/aromatic N) is 4. The molecule has 188 valence electrons. The van der Waals surface area contributed by atoms with E-state index in [1.165, 1.54) is 38.9 Å². The number of likely N-dealkylation sites (tertiary alicyclic amines) is 1. The third kappa shape index (κ3) is 5.39. The smallest absolute Gasteiger partial charge is 0.150 e. The molecule has 0 amide bonds. The average Bonchev–Trinajstić information content (AvgIpc) is 3.28. The summed E-state index contributed by atoms with van der Waals surface area (Å²) in [5, 5.41) is 0. The summed E-state index contributed by atoms with van der Waals surface area (Å²) in [6.45, 7) is 8.88. The fraction of sp³-hybridized carbons (Fsp3) is 0.400. The Bertz CT molecular complexity index is 1280. The number of anilines is 1. The van der Waals surface area contributed by atoms with E-state index in [1.807, 2.05) is 42.6 Å². The highest BCUT2D eigenvalue weighted by atomic mass is 16.5. The van der Waals surface area contributed by atoms with Crippen molar-refractivity contribution in [2.24, 2.45) is 5.92 Å². The first kappa shape index (κ1) is 24.3. The second kappa shape index (κ2) is 11.1. The molecule has 2 atom stereocenters. The zero-order valence-electron chi connectivity index (χ0n) is 21.4. The molecular weight excluding hydrogens is 446 g/mol. The summed E-state index contributed by atoms with van der Waals surface area (Å²) in [5.41, 5.74) is 10.2. The van der Waals surface area contributed by atoms with E-state index < -0.39 is 0 Å². The minimum Gasteiger partial charge on any atom is -0.489 e. The van der Waals surface area contributed by atoms with Gasteiger partial charge in [-0.2, -0.15) is 0 Å². The standard InChI is InChI=1S/C30H37N5O/c1-3-23(20-34-16-8-17-34)14-13-22(2)30-33-27(28-29(31)32-15-18-35(28)30)25-11-7-12-26(19-25)36-21-24-9-5-4-6-10-24/h4-7,9-12,15,18-19,22-23H,3,8,13-14,16-17,20-21H2,1-2H3,(H2,31,32). The third-order valence-corrected chi connectivity index (χ3v) is 7.46. The second-order valence-electron chi connectivity index (χ2n) is 10.1. The maximum atomic E-state index is 6.39. The molecule has 2 aromatic carbocycles. The predicted octanol–water partition coefficient (Wildman–Crippen LogP) is 6.17. The molecule has 3 heterocycles. The Labute approximate surface area is 214 Å². The van der Waals surface area contributed by atoms with E-state index in [9.17, 15) is 0 Å². The first-order valence-corrected chi connectivity index (χ1v) is 13.2. The first-order chi connectivity index (χ1) is 17.6. The van der Waals surface area contributed by atoms with E-state index in [1.54, 1.807) is 6.20 Å². The number of hydrogen-bond donors (Lipinski definition) is 1. The van der Waals surface area contributed by atoms with Crippen LogP contribution in [0, 0.1) is 5.92 Å². The van der Waals surface area contributed by atoms with Gasteiger partial charge in [-0.15, -0.1) is 0 Å². The van der Waals surface area contributed by atoms with E-state index in [2.05, 4.69) is 46.3 Å². The fourth-order valence-electron chi connectivity index (χ4n) is 5.08. The van der Waals surface area contributed by atoms with Gasteiger partial charge >= 0.3 is 0 Å². The molecule has 2 unspecified atom stereocenters. The zero-order valence-corrected chi connectivity index (χ0v) is 21.4. The molecule has 36 heavy (non-hydrogen) atoms. The van der Waals surface area contributed by atoms with Crippen molar-refractivity contribution >= 4 is 11.3 Å². The van der Waals surface area contributed by atoms with Crippen LogP contribution in [-0.4, -0.2) is 38.9 Å². The molecule has 6 heteroatoms. The lowest BCUT2D eigenvalue weighted by atomic mass is 9.93. The van der Waals surface area contributed by atoms with Gasteiger partial charge in [0.05, 0.1) is 0 Å². The van der Waals surface area contributed by atoms with Gasteiger partial charge in [-0.05, 0) is 56.0 Å². The number of nitrogens with two attached hydrogens (primary N) is 1. The van der Waals surface area contributed by atoms with Gasteiger partial charge in [-0.25, -0.2) is 9.97 Å². The monoisotopic (exact) mass is 483 g/mol. The Balaban J connectivity index is 1.37. The predicted molar refractivity (Wildman–Crippen MR) is 146 cm³/mol. The molecule has 1 saturated heterocycles. The van der Waals surface area contributed by atoms with Gasteiger partial charge in [0, 0.05) is 30.4 Å². The molecule has 1 aliphatic rings. The quantitative estimate of drug-likeness (QED) is 0.276. The molecule has 0 radical (unpaired) electrons. The van der Waals surface area contributed by atoms with Crippen LogP contribution >= 0.6 is 0 Å². The van der Waals surface area contributed by atoms with E-state index in [0.29, 0.717) is 18.3 Å². The van der Waals surface area contributed by atoms with E-state index in [4.69, 9.17) is 15.5 Å². The number of fused-ring (bicyclic) bond motifs is 1. The first-order valence-electron chi connectivity index (χ1n) is 13.2. The second-order valence-corrected chi connectivity index (χ2v) is 10.1. The minimum absolute atomic E-state index is 0.316. The Kier molecular flexibility index (Phi) is 7.52. The molecule has 1 aliphatic heterocycles. The molecule has 0 saturated carbocycles. The molecular formula is C30H37N5O. The van der Waals surface area contributed by atoms with Crippen molar-refractivity contribution in [2.45, 2.75) is 52.1 Å². The van der Waals surface area contributed by atoms with Crippen molar-refractivity contribution in [3.8, 4) is 17.0 Å². The van der Waals surface area contributed by atoms with Crippen LogP contribution in [0.1, 0.15) is 56.8 Å². The van der Waals surface area contributed by atoms with E-state index in [-0.39, 0.29) is 0 Å². The molecule has 6 nitrogen and oxygen atoms in total. The number of aromatic nitrogens is 3. The van der Waals surface area contributed by atoms with E-state index in [0.717, 1.165) is 46.3 Å². The van der Waals surface area contributed by atoms with Crippen LogP contribution in [0.4, 0.5) is 5.82 Å². The molecule has 0 spiro atoms. The van der Waals surface area contributed by atoms with Gasteiger partial charge in [0.25, 0.3) is 0 Å². The average molecular weight is 484 g/mol. The van der Waals surface area contributed by atoms with Crippen LogP contribution < -0.4 is 10.5 Å². The molecule has 0 aliphatic carbocycles. The molecule has 0 bridgehead atoms. The number of rotatable bonds is 11.